The molecule has 0 unspecified atom stereocenters. The number of methoxy groups -OCH3 is 3. The highest BCUT2D eigenvalue weighted by molar-refractivity contribution is 6.05. The van der Waals surface area contributed by atoms with Crippen LogP contribution in [0.15, 0.2) is 36.4 Å². The van der Waals surface area contributed by atoms with Crippen LogP contribution >= 0.6 is 0 Å². The second kappa shape index (κ2) is 46.5. The zero-order chi connectivity index (χ0) is 88.0. The Morgan fingerprint density at radius 2 is 0.842 bits per heavy atom. The van der Waals surface area contributed by atoms with Crippen LogP contribution in [0.3, 0.4) is 0 Å². The number of nitrogens with one attached hydrogen (secondary N) is 6. The molecule has 4 aliphatic carbocycles. The fourth-order valence-corrected chi connectivity index (χ4v) is 17.3. The molecule has 4 saturated carbocycles. The number of esters is 3. The molecule has 0 saturated heterocycles. The lowest BCUT2D eigenvalue weighted by atomic mass is 9.43. The number of hydrogen-bond acceptors (Lipinski definition) is 30. The molecular weight excluding hydrogens is 1570 g/mol. The summed E-state index contributed by atoms with van der Waals surface area (Å²) in [4.78, 5) is 156. The largest absolute Gasteiger partial charge is 0.505 e. The quantitative estimate of drug-likeness (QED) is 0.0167. The molecule has 4 fully saturated rings. The lowest BCUT2D eigenvalue weighted by Gasteiger charge is -2.63. The van der Waals surface area contributed by atoms with Crippen LogP contribution in [0.5, 0.6) is 34.5 Å². The van der Waals surface area contributed by atoms with Gasteiger partial charge in [0.25, 0.3) is 17.7 Å². The minimum atomic E-state index is -1.40. The van der Waals surface area contributed by atoms with Crippen molar-refractivity contribution in [1.82, 2.24) is 16.0 Å². The van der Waals surface area contributed by atoms with Crippen LogP contribution in [-0.2, 0) is 85.8 Å². The van der Waals surface area contributed by atoms with Crippen LogP contribution < -0.4 is 80.5 Å². The van der Waals surface area contributed by atoms with E-state index in [9.17, 15) is 72.9 Å². The Hall–Kier alpha value is -10.3. The molecule has 3 aromatic carbocycles. The molecule has 7 rings (SSSR count). The Balaban J connectivity index is 0.927. The van der Waals surface area contributed by atoms with Gasteiger partial charge < -0.3 is 138 Å². The summed E-state index contributed by atoms with van der Waals surface area (Å²) in [5, 5.41) is 46.8. The van der Waals surface area contributed by atoms with Crippen LogP contribution in [0.4, 0.5) is 17.1 Å². The second-order valence-corrected chi connectivity index (χ2v) is 31.1. The maximum absolute atomic E-state index is 14.4. The molecule has 0 aliphatic heterocycles. The lowest BCUT2D eigenvalue weighted by molar-refractivity contribution is -0.205. The SMILES string of the molecule is CCCCCC[C@](C)(OC(=O)[C@H](N)CC(=O)NCCOCCOCC(=O)Nc1ccc(OC)c(C(N)=O)c1O)[C@H]1CC[C@H]2[C@@H]3C[C@H](OC(=O)[C@@H](N)CC(=O)NCCOCCOCC(=O)Nc4ccc(OC)c(C(N)=O)c4O)[C@H]4C[C@@H](OC(=O)[C@@H](N)CC(=O)NCCOCCOCC(=O)Nc5ccc(OC)c(C(N)=O)c5O)CC[C@]4(C)[C@H]3CC[C@@]21C. The summed E-state index contributed by atoms with van der Waals surface area (Å²) < 4.78 is 67.2. The summed E-state index contributed by atoms with van der Waals surface area (Å²) in [5.41, 5.74) is 32.4. The highest BCUT2D eigenvalue weighted by Crippen LogP contribution is 2.70. The zero-order valence-electron chi connectivity index (χ0n) is 69.3. The van der Waals surface area contributed by atoms with Gasteiger partial charge in [-0.2, -0.15) is 0 Å². The number of carbonyl (C=O) groups excluding carboxylic acids is 12. The summed E-state index contributed by atoms with van der Waals surface area (Å²) >= 11 is 0. The van der Waals surface area contributed by atoms with Crippen LogP contribution in [0.1, 0.15) is 162 Å². The molecule has 0 bridgehead atoms. The predicted molar refractivity (Wildman–Crippen MR) is 431 cm³/mol. The van der Waals surface area contributed by atoms with Crippen molar-refractivity contribution in [3.63, 3.8) is 0 Å². The Kier molecular flexibility index (Phi) is 37.5. The van der Waals surface area contributed by atoms with Gasteiger partial charge in [0.2, 0.25) is 35.4 Å². The summed E-state index contributed by atoms with van der Waals surface area (Å²) in [7, 11) is 3.87. The number of nitrogens with two attached hydrogens (primary N) is 6. The normalized spacial score (nSPS) is 21.5. The molecule has 0 spiro atoms. The van der Waals surface area contributed by atoms with Gasteiger partial charge in [-0.05, 0) is 136 Å². The number of primary amides is 3. The molecule has 0 radical (unpaired) electrons. The number of phenols is 3. The van der Waals surface area contributed by atoms with E-state index in [2.05, 4.69) is 52.7 Å². The third-order valence-electron chi connectivity index (χ3n) is 23.0. The van der Waals surface area contributed by atoms with E-state index in [0.717, 1.165) is 44.9 Å². The van der Waals surface area contributed by atoms with E-state index >= 15 is 0 Å². The molecular formula is C81H120N12O27. The van der Waals surface area contributed by atoms with E-state index in [4.69, 9.17) is 91.2 Å². The Morgan fingerprint density at radius 1 is 0.458 bits per heavy atom. The van der Waals surface area contributed by atoms with Gasteiger partial charge in [-0.25, -0.2) is 0 Å². The van der Waals surface area contributed by atoms with Crippen LogP contribution in [0.2, 0.25) is 0 Å². The van der Waals surface area contributed by atoms with Crippen LogP contribution in [-0.4, -0.2) is 243 Å². The van der Waals surface area contributed by atoms with Crippen molar-refractivity contribution >= 4 is 88.1 Å². The molecule has 666 valence electrons. The van der Waals surface area contributed by atoms with Gasteiger partial charge in [0.1, 0.15) is 89.7 Å². The van der Waals surface area contributed by atoms with Crippen molar-refractivity contribution in [3.05, 3.63) is 53.1 Å². The predicted octanol–water partition coefficient (Wildman–Crippen LogP) is 2.31. The fraction of sp³-hybridized carbons (Fsp3) is 0.630. The number of ether oxygens (including phenoxy) is 12. The highest BCUT2D eigenvalue weighted by atomic mass is 16.6. The van der Waals surface area contributed by atoms with E-state index in [0.29, 0.717) is 32.1 Å². The van der Waals surface area contributed by atoms with E-state index in [1.165, 1.54) is 57.7 Å². The Morgan fingerprint density at radius 3 is 1.24 bits per heavy atom. The van der Waals surface area contributed by atoms with Gasteiger partial charge in [0.05, 0.1) is 117 Å². The molecule has 4 aliphatic rings. The minimum absolute atomic E-state index is 0.00816. The number of amides is 9. The van der Waals surface area contributed by atoms with E-state index in [1.807, 2.05) is 6.92 Å². The maximum Gasteiger partial charge on any atom is 0.323 e. The van der Waals surface area contributed by atoms with Crippen molar-refractivity contribution in [2.75, 3.05) is 136 Å². The first kappa shape index (κ1) is 96.9. The number of benzene rings is 3. The van der Waals surface area contributed by atoms with Gasteiger partial charge in [0, 0.05) is 31.5 Å². The molecule has 39 nitrogen and oxygen atoms in total. The first-order valence-electron chi connectivity index (χ1n) is 40.3. The minimum Gasteiger partial charge on any atom is -0.505 e. The molecule has 13 atom stereocenters. The van der Waals surface area contributed by atoms with E-state index < -0.39 is 168 Å². The molecule has 39 heteroatoms. The van der Waals surface area contributed by atoms with Gasteiger partial charge in [-0.1, -0.05) is 40.0 Å². The van der Waals surface area contributed by atoms with Crippen molar-refractivity contribution in [2.24, 2.45) is 74.8 Å². The number of hydrogen-bond donors (Lipinski definition) is 15. The van der Waals surface area contributed by atoms with Crippen LogP contribution in [0, 0.1) is 40.4 Å². The molecule has 9 amide bonds. The topological polar surface area (TPSA) is 605 Å². The van der Waals surface area contributed by atoms with Crippen molar-refractivity contribution in [1.29, 1.82) is 0 Å². The van der Waals surface area contributed by atoms with Gasteiger partial charge in [-0.15, -0.1) is 0 Å². The molecule has 120 heavy (non-hydrogen) atoms. The number of unbranched alkanes of at least 4 members (excludes halogenated alkanes) is 3. The van der Waals surface area contributed by atoms with E-state index in [-0.39, 0.29) is 173 Å². The number of carbonyl (C=O) groups is 12. The summed E-state index contributed by atoms with van der Waals surface area (Å²) in [5.74, 6) is -10.9. The molecule has 3 aromatic rings. The zero-order valence-corrected chi connectivity index (χ0v) is 69.3. The van der Waals surface area contributed by atoms with Crippen molar-refractivity contribution < 1.29 is 130 Å². The van der Waals surface area contributed by atoms with Gasteiger partial charge >= 0.3 is 17.9 Å². The molecule has 0 heterocycles. The Labute approximate surface area is 696 Å². The standard InChI is InChI=1S/C81H120N12O27/c1-8-9-10-11-22-81(4,120-78(108)52(84)41-63(96)90-27-30-114-33-36-117-44-66(99)93-55-15-18-58(111-7)69(72(55)102)75(87)105)60-19-12-47-46-38-59(119-77(107)51(83)40-62(95)89-26-29-113-32-35-116-43-65(98)92-54-14-17-57(110-6)68(71(54)101)74(86)104)49-37-45(20-23-79(49,2)48(46)21-24-80(47,60)3)118-76(106)50(82)39-61(94)88-25-28-112-31-34-115-42-64(97)91-53-13-16-56(109-5)67(70(53)100)73(85)103/h13-18,45-52,59-60,100-102H,8-12,19-44,82-84H2,1-7H3,(H2,85,103)(H2,86,104)(H2,87,105)(H,88,94)(H,89,95)(H,90,96)(H,91,97)(H,92,98)(H,93,99)/t45-,46-,47-,48-,49+,50-,51-,52+,59-,60-,79+,80-,81-/m0/s1. The summed E-state index contributed by atoms with van der Waals surface area (Å²) in [6.45, 7) is 7.53. The first-order chi connectivity index (χ1) is 57.1. The number of anilines is 3. The van der Waals surface area contributed by atoms with Gasteiger partial charge in [0.15, 0.2) is 17.2 Å². The maximum atomic E-state index is 14.4. The summed E-state index contributed by atoms with van der Waals surface area (Å²) in [6.07, 6.45) is 6.05. The average molecular weight is 1690 g/mol. The lowest BCUT2D eigenvalue weighted by Crippen LogP contribution is -2.60. The fourth-order valence-electron chi connectivity index (χ4n) is 17.3. The summed E-state index contributed by atoms with van der Waals surface area (Å²) in [6, 6.07) is 4.00. The Bertz CT molecular complexity index is 4060. The highest BCUT2D eigenvalue weighted by Gasteiger charge is 2.66. The third kappa shape index (κ3) is 26.6. The second-order valence-electron chi connectivity index (χ2n) is 31.1. The van der Waals surface area contributed by atoms with Gasteiger partial charge in [-0.3, -0.25) is 57.5 Å². The molecule has 0 aromatic heterocycles. The van der Waals surface area contributed by atoms with Crippen molar-refractivity contribution in [2.45, 2.75) is 166 Å². The average Bonchev–Trinajstić information content (AvgIpc) is 1.46. The number of fused-ring (bicyclic) bond motifs is 5. The van der Waals surface area contributed by atoms with Crippen molar-refractivity contribution in [3.8, 4) is 34.5 Å². The monoisotopic (exact) mass is 1690 g/mol. The third-order valence-corrected chi connectivity index (χ3v) is 23.0. The number of rotatable bonds is 51. The smallest absolute Gasteiger partial charge is 0.323 e. The van der Waals surface area contributed by atoms with Crippen LogP contribution in [0.25, 0.3) is 0 Å². The number of aromatic hydroxyl groups is 3. The first-order valence-corrected chi connectivity index (χ1v) is 40.3. The van der Waals surface area contributed by atoms with E-state index in [1.54, 1.807) is 0 Å². The molecule has 21 N–H and O–H groups in total.